The van der Waals surface area contributed by atoms with E-state index >= 15 is 0 Å². The molecule has 2 heterocycles. The van der Waals surface area contributed by atoms with Crippen molar-refractivity contribution in [3.63, 3.8) is 0 Å². The average Bonchev–Trinajstić information content (AvgIpc) is 3.32. The molecule has 1 aromatic heterocycles. The van der Waals surface area contributed by atoms with Crippen LogP contribution in [0.2, 0.25) is 0 Å². The first kappa shape index (κ1) is 25.5. The van der Waals surface area contributed by atoms with Crippen LogP contribution in [0, 0.1) is 12.8 Å². The van der Waals surface area contributed by atoms with E-state index in [1.807, 2.05) is 13.8 Å². The van der Waals surface area contributed by atoms with Crippen molar-refractivity contribution in [3.8, 4) is 0 Å². The SMILES string of the molecule is COC[C@H](NC(=O)c1cc(C)on1)C(=O)N[C@@H](C)C(=O)N[C@@H](CC(C)C)C(=O)[C@]1(C)CO1. The van der Waals surface area contributed by atoms with Crippen LogP contribution in [-0.2, 0) is 23.9 Å². The Hall–Kier alpha value is -2.79. The van der Waals surface area contributed by atoms with Crippen molar-refractivity contribution < 1.29 is 33.2 Å². The van der Waals surface area contributed by atoms with E-state index in [0.717, 1.165) is 0 Å². The molecule has 4 atom stereocenters. The first-order valence-electron chi connectivity index (χ1n) is 10.5. The highest BCUT2D eigenvalue weighted by Crippen LogP contribution is 2.29. The number of aryl methyl sites for hydroxylation is 1. The Labute approximate surface area is 186 Å². The van der Waals surface area contributed by atoms with Crippen molar-refractivity contribution in [2.75, 3.05) is 20.3 Å². The normalized spacial score (nSPS) is 20.2. The molecule has 0 spiro atoms. The second-order valence-corrected chi connectivity index (χ2v) is 8.61. The van der Waals surface area contributed by atoms with Crippen molar-refractivity contribution in [1.29, 1.82) is 0 Å². The Balaban J connectivity index is 1.98. The average molecular weight is 453 g/mol. The zero-order valence-electron chi connectivity index (χ0n) is 19.3. The Morgan fingerprint density at radius 2 is 1.78 bits per heavy atom. The topological polar surface area (TPSA) is 152 Å². The van der Waals surface area contributed by atoms with E-state index in [1.54, 1.807) is 13.8 Å². The highest BCUT2D eigenvalue weighted by Gasteiger charge is 2.50. The number of ether oxygens (including phenoxy) is 2. The van der Waals surface area contributed by atoms with E-state index in [-0.39, 0.29) is 24.0 Å². The van der Waals surface area contributed by atoms with Gasteiger partial charge in [-0.2, -0.15) is 0 Å². The van der Waals surface area contributed by atoms with Crippen LogP contribution in [0.15, 0.2) is 10.6 Å². The monoisotopic (exact) mass is 452 g/mol. The number of nitrogens with zero attached hydrogens (tertiary/aromatic N) is 1. The fourth-order valence-electron chi connectivity index (χ4n) is 3.05. The summed E-state index contributed by atoms with van der Waals surface area (Å²) in [6.07, 6.45) is 0.448. The minimum atomic E-state index is -1.06. The highest BCUT2D eigenvalue weighted by atomic mass is 16.6. The lowest BCUT2D eigenvalue weighted by Crippen LogP contribution is -2.56. The third-order valence-electron chi connectivity index (χ3n) is 5.01. The van der Waals surface area contributed by atoms with Crippen LogP contribution >= 0.6 is 0 Å². The lowest BCUT2D eigenvalue weighted by Gasteiger charge is -2.24. The Morgan fingerprint density at radius 3 is 2.28 bits per heavy atom. The van der Waals surface area contributed by atoms with Gasteiger partial charge < -0.3 is 29.9 Å². The lowest BCUT2D eigenvalue weighted by molar-refractivity contribution is -0.133. The molecule has 0 bridgehead atoms. The molecule has 1 aliphatic heterocycles. The maximum Gasteiger partial charge on any atom is 0.274 e. The van der Waals surface area contributed by atoms with Crippen molar-refractivity contribution >= 4 is 23.5 Å². The minimum Gasteiger partial charge on any atom is -0.382 e. The van der Waals surface area contributed by atoms with Gasteiger partial charge in [-0.05, 0) is 33.1 Å². The fourth-order valence-corrected chi connectivity index (χ4v) is 3.05. The summed E-state index contributed by atoms with van der Waals surface area (Å²) in [5, 5.41) is 11.4. The maximum atomic E-state index is 12.7. The van der Waals surface area contributed by atoms with Crippen molar-refractivity contribution in [1.82, 2.24) is 21.1 Å². The molecule has 11 nitrogen and oxygen atoms in total. The zero-order chi connectivity index (χ0) is 24.1. The number of Topliss-reactive ketones (excluding diaryl/α,β-unsaturated/α-hetero) is 1. The van der Waals surface area contributed by atoms with Gasteiger partial charge in [0.1, 0.15) is 23.4 Å². The lowest BCUT2D eigenvalue weighted by atomic mass is 9.93. The van der Waals surface area contributed by atoms with Gasteiger partial charge in [0.15, 0.2) is 11.5 Å². The highest BCUT2D eigenvalue weighted by molar-refractivity contribution is 5.99. The van der Waals surface area contributed by atoms with E-state index in [0.29, 0.717) is 18.8 Å². The molecule has 1 saturated heterocycles. The van der Waals surface area contributed by atoms with Gasteiger partial charge in [0, 0.05) is 13.2 Å². The second-order valence-electron chi connectivity index (χ2n) is 8.61. The van der Waals surface area contributed by atoms with Gasteiger partial charge in [-0.3, -0.25) is 19.2 Å². The number of hydrogen-bond donors (Lipinski definition) is 3. The summed E-state index contributed by atoms with van der Waals surface area (Å²) in [5.74, 6) is -1.33. The molecule has 178 valence electrons. The van der Waals surface area contributed by atoms with Crippen LogP contribution in [0.3, 0.4) is 0 Å². The molecular formula is C21H32N4O7. The third-order valence-corrected chi connectivity index (χ3v) is 5.01. The van der Waals surface area contributed by atoms with Crippen LogP contribution in [-0.4, -0.2) is 72.7 Å². The molecule has 0 radical (unpaired) electrons. The van der Waals surface area contributed by atoms with Crippen LogP contribution in [0.1, 0.15) is 50.4 Å². The van der Waals surface area contributed by atoms with Crippen LogP contribution < -0.4 is 16.0 Å². The molecule has 32 heavy (non-hydrogen) atoms. The van der Waals surface area contributed by atoms with Gasteiger partial charge in [0.05, 0.1) is 19.3 Å². The van der Waals surface area contributed by atoms with Gasteiger partial charge in [0.2, 0.25) is 11.8 Å². The number of carbonyl (C=O) groups excluding carboxylic acids is 4. The summed E-state index contributed by atoms with van der Waals surface area (Å²) < 4.78 is 15.1. The number of rotatable bonds is 12. The predicted octanol–water partition coefficient (Wildman–Crippen LogP) is 0.121. The third kappa shape index (κ3) is 6.86. The molecule has 0 aliphatic carbocycles. The minimum absolute atomic E-state index is 0.0213. The standard InChI is InChI=1S/C21H32N4O7/c1-11(2)7-14(17(26)21(5)10-31-21)23-18(27)13(4)22-20(29)16(9-30-6)24-19(28)15-8-12(3)32-25-15/h8,11,13-14,16H,7,9-10H2,1-6H3,(H,22,29)(H,23,27)(H,24,28)/t13-,14-,16-,21-/m0/s1. The van der Waals surface area contributed by atoms with E-state index in [9.17, 15) is 19.2 Å². The molecule has 3 N–H and O–H groups in total. The number of epoxide rings is 1. The van der Waals surface area contributed by atoms with Crippen molar-refractivity contribution in [2.24, 2.45) is 5.92 Å². The number of methoxy groups -OCH3 is 1. The quantitative estimate of drug-likeness (QED) is 0.378. The zero-order valence-corrected chi connectivity index (χ0v) is 19.3. The fraction of sp³-hybridized carbons (Fsp3) is 0.667. The molecule has 0 saturated carbocycles. The van der Waals surface area contributed by atoms with Crippen molar-refractivity contribution in [2.45, 2.75) is 64.8 Å². The van der Waals surface area contributed by atoms with Gasteiger partial charge in [-0.15, -0.1) is 0 Å². The van der Waals surface area contributed by atoms with E-state index < -0.39 is 41.4 Å². The summed E-state index contributed by atoms with van der Waals surface area (Å²) in [4.78, 5) is 50.3. The Kier molecular flexibility index (Phi) is 8.51. The summed E-state index contributed by atoms with van der Waals surface area (Å²) in [7, 11) is 1.38. The maximum absolute atomic E-state index is 12.7. The van der Waals surface area contributed by atoms with Crippen LogP contribution in [0.5, 0.6) is 0 Å². The van der Waals surface area contributed by atoms with Gasteiger partial charge in [0.25, 0.3) is 5.91 Å². The summed E-state index contributed by atoms with van der Waals surface area (Å²) in [6, 6.07) is -1.31. The molecule has 0 unspecified atom stereocenters. The van der Waals surface area contributed by atoms with Gasteiger partial charge in [-0.1, -0.05) is 19.0 Å². The van der Waals surface area contributed by atoms with Crippen LogP contribution in [0.25, 0.3) is 0 Å². The number of carbonyl (C=O) groups is 4. The first-order chi connectivity index (χ1) is 15.0. The molecule has 1 aromatic rings. The van der Waals surface area contributed by atoms with Crippen LogP contribution in [0.4, 0.5) is 0 Å². The largest absolute Gasteiger partial charge is 0.382 e. The van der Waals surface area contributed by atoms with Gasteiger partial charge in [-0.25, -0.2) is 0 Å². The van der Waals surface area contributed by atoms with E-state index in [4.69, 9.17) is 14.0 Å². The number of ketones is 1. The Bertz CT molecular complexity index is 847. The number of nitrogens with one attached hydrogen (secondary N) is 3. The molecule has 1 aliphatic rings. The molecular weight excluding hydrogens is 420 g/mol. The Morgan fingerprint density at radius 1 is 1.12 bits per heavy atom. The molecule has 11 heteroatoms. The summed E-state index contributed by atoms with van der Waals surface area (Å²) in [5.41, 5.74) is -0.847. The molecule has 0 aromatic carbocycles. The smallest absolute Gasteiger partial charge is 0.274 e. The van der Waals surface area contributed by atoms with E-state index in [1.165, 1.54) is 20.1 Å². The molecule has 3 amide bonds. The number of hydrogen-bond acceptors (Lipinski definition) is 8. The predicted molar refractivity (Wildman–Crippen MR) is 113 cm³/mol. The van der Waals surface area contributed by atoms with E-state index in [2.05, 4.69) is 21.1 Å². The second kappa shape index (κ2) is 10.7. The van der Waals surface area contributed by atoms with Gasteiger partial charge >= 0.3 is 0 Å². The van der Waals surface area contributed by atoms with Crippen molar-refractivity contribution in [3.05, 3.63) is 17.5 Å². The molecule has 2 rings (SSSR count). The number of amides is 3. The molecule has 1 fully saturated rings. The summed E-state index contributed by atoms with van der Waals surface area (Å²) >= 11 is 0. The summed E-state index contributed by atoms with van der Waals surface area (Å²) in [6.45, 7) is 8.92. The number of aromatic nitrogens is 1. The first-order valence-corrected chi connectivity index (χ1v) is 10.5.